The van der Waals surface area contributed by atoms with Crippen molar-refractivity contribution in [1.29, 1.82) is 0 Å². The summed E-state index contributed by atoms with van der Waals surface area (Å²) in [4.78, 5) is 16.8. The molecule has 29 heavy (non-hydrogen) atoms. The van der Waals surface area contributed by atoms with Gasteiger partial charge in [-0.05, 0) is 46.7 Å². The van der Waals surface area contributed by atoms with Crippen LogP contribution in [0.5, 0.6) is 0 Å². The van der Waals surface area contributed by atoms with Gasteiger partial charge in [-0.15, -0.1) is 0 Å². The SMILES string of the molecule is O=C(Cc1cccc2ccccc12)Nc1cc([C@H]2C[C@@H](c3cccnc3)C2)n[nH]1. The third-order valence-electron chi connectivity index (χ3n) is 5.81. The zero-order chi connectivity index (χ0) is 19.6. The molecule has 5 nitrogen and oxygen atoms in total. The Hall–Kier alpha value is -3.47. The van der Waals surface area contributed by atoms with Gasteiger partial charge in [-0.2, -0.15) is 5.10 Å². The van der Waals surface area contributed by atoms with E-state index in [0.717, 1.165) is 34.9 Å². The summed E-state index contributed by atoms with van der Waals surface area (Å²) in [5.41, 5.74) is 3.34. The number of anilines is 1. The predicted molar refractivity (Wildman–Crippen MR) is 114 cm³/mol. The molecule has 1 aliphatic carbocycles. The Morgan fingerprint density at radius 1 is 1.03 bits per heavy atom. The number of hydrogen-bond donors (Lipinski definition) is 2. The topological polar surface area (TPSA) is 70.7 Å². The van der Waals surface area contributed by atoms with Gasteiger partial charge in [-0.1, -0.05) is 48.5 Å². The number of carbonyl (C=O) groups is 1. The maximum absolute atomic E-state index is 12.6. The molecular weight excluding hydrogens is 360 g/mol. The lowest BCUT2D eigenvalue weighted by Crippen LogP contribution is -2.20. The number of rotatable bonds is 5. The molecule has 144 valence electrons. The van der Waals surface area contributed by atoms with Gasteiger partial charge in [0.15, 0.2) is 0 Å². The van der Waals surface area contributed by atoms with E-state index in [4.69, 9.17) is 0 Å². The Balaban J connectivity index is 1.21. The number of nitrogens with one attached hydrogen (secondary N) is 2. The largest absolute Gasteiger partial charge is 0.311 e. The molecule has 1 aliphatic rings. The highest BCUT2D eigenvalue weighted by molar-refractivity contribution is 5.95. The van der Waals surface area contributed by atoms with Gasteiger partial charge >= 0.3 is 0 Å². The lowest BCUT2D eigenvalue weighted by atomic mass is 9.70. The molecule has 0 bridgehead atoms. The molecule has 0 atom stereocenters. The van der Waals surface area contributed by atoms with E-state index in [1.807, 2.05) is 42.6 Å². The van der Waals surface area contributed by atoms with Crippen LogP contribution < -0.4 is 5.32 Å². The van der Waals surface area contributed by atoms with E-state index in [1.165, 1.54) is 5.56 Å². The number of nitrogens with zero attached hydrogens (tertiary/aromatic N) is 2. The van der Waals surface area contributed by atoms with Crippen LogP contribution in [0.1, 0.15) is 41.5 Å². The average molecular weight is 382 g/mol. The highest BCUT2D eigenvalue weighted by atomic mass is 16.1. The quantitative estimate of drug-likeness (QED) is 0.521. The van der Waals surface area contributed by atoms with Gasteiger partial charge in [-0.25, -0.2) is 0 Å². The maximum Gasteiger partial charge on any atom is 0.229 e. The Kier molecular flexibility index (Phi) is 4.56. The van der Waals surface area contributed by atoms with Crippen LogP contribution in [0.3, 0.4) is 0 Å². The lowest BCUT2D eigenvalue weighted by Gasteiger charge is -2.34. The zero-order valence-electron chi connectivity index (χ0n) is 16.0. The van der Waals surface area contributed by atoms with Crippen LogP contribution in [-0.4, -0.2) is 21.1 Å². The predicted octanol–water partition coefficient (Wildman–Crippen LogP) is 4.80. The molecule has 1 fully saturated rings. The van der Waals surface area contributed by atoms with Gasteiger partial charge in [0.1, 0.15) is 5.82 Å². The Labute approximate surface area is 169 Å². The van der Waals surface area contributed by atoms with Crippen molar-refractivity contribution in [3.8, 4) is 0 Å². The molecule has 2 aromatic carbocycles. The van der Waals surface area contributed by atoms with Gasteiger partial charge in [0.05, 0.1) is 12.1 Å². The molecule has 0 saturated heterocycles. The Bertz CT molecular complexity index is 1140. The van der Waals surface area contributed by atoms with Crippen LogP contribution in [0.25, 0.3) is 10.8 Å². The number of H-pyrrole nitrogens is 1. The molecule has 0 radical (unpaired) electrons. The van der Waals surface area contributed by atoms with Crippen molar-refractivity contribution < 1.29 is 4.79 Å². The minimum absolute atomic E-state index is 0.0431. The smallest absolute Gasteiger partial charge is 0.229 e. The molecule has 0 aliphatic heterocycles. The number of amides is 1. The fourth-order valence-electron chi connectivity index (χ4n) is 4.17. The van der Waals surface area contributed by atoms with Crippen molar-refractivity contribution in [3.63, 3.8) is 0 Å². The monoisotopic (exact) mass is 382 g/mol. The third-order valence-corrected chi connectivity index (χ3v) is 5.81. The molecular formula is C24H22N4O. The molecule has 2 aromatic heterocycles. The maximum atomic E-state index is 12.6. The van der Waals surface area contributed by atoms with E-state index in [0.29, 0.717) is 24.1 Å². The number of pyridine rings is 1. The minimum Gasteiger partial charge on any atom is -0.311 e. The van der Waals surface area contributed by atoms with Crippen LogP contribution in [0.2, 0.25) is 0 Å². The van der Waals surface area contributed by atoms with Crippen LogP contribution in [-0.2, 0) is 11.2 Å². The fourth-order valence-corrected chi connectivity index (χ4v) is 4.17. The lowest BCUT2D eigenvalue weighted by molar-refractivity contribution is -0.115. The summed E-state index contributed by atoms with van der Waals surface area (Å²) in [6.45, 7) is 0. The van der Waals surface area contributed by atoms with Crippen molar-refractivity contribution >= 4 is 22.5 Å². The summed E-state index contributed by atoms with van der Waals surface area (Å²) < 4.78 is 0. The molecule has 0 unspecified atom stereocenters. The summed E-state index contributed by atoms with van der Waals surface area (Å²) in [5, 5.41) is 12.6. The Morgan fingerprint density at radius 3 is 2.76 bits per heavy atom. The highest BCUT2D eigenvalue weighted by Gasteiger charge is 2.33. The van der Waals surface area contributed by atoms with Gasteiger partial charge in [0, 0.05) is 24.4 Å². The van der Waals surface area contributed by atoms with Gasteiger partial charge < -0.3 is 5.32 Å². The van der Waals surface area contributed by atoms with Crippen LogP contribution in [0.15, 0.2) is 73.1 Å². The van der Waals surface area contributed by atoms with Gasteiger partial charge in [-0.3, -0.25) is 14.9 Å². The standard InChI is InChI=1S/C24H22N4O/c29-24(13-17-7-3-6-16-5-1-2-9-21(16)17)26-23-14-22(27-28-23)20-11-19(12-20)18-8-4-10-25-15-18/h1-10,14-15,19-20H,11-13H2,(H2,26,27,28,29)/t19-,20+. The molecule has 5 rings (SSSR count). The molecule has 5 heteroatoms. The fraction of sp³-hybridized carbons (Fsp3) is 0.208. The third kappa shape index (κ3) is 3.63. The first-order valence-corrected chi connectivity index (χ1v) is 9.98. The normalized spacial score (nSPS) is 18.3. The van der Waals surface area contributed by atoms with E-state index in [2.05, 4.69) is 44.8 Å². The zero-order valence-corrected chi connectivity index (χ0v) is 16.0. The first-order chi connectivity index (χ1) is 14.3. The number of carbonyl (C=O) groups excluding carboxylic acids is 1. The van der Waals surface area contributed by atoms with Crippen LogP contribution in [0, 0.1) is 0 Å². The van der Waals surface area contributed by atoms with Crippen molar-refractivity contribution in [2.75, 3.05) is 5.32 Å². The summed E-state index contributed by atoms with van der Waals surface area (Å²) in [5.74, 6) is 1.60. The second-order valence-electron chi connectivity index (χ2n) is 7.72. The number of aromatic amines is 1. The van der Waals surface area contributed by atoms with Crippen molar-refractivity contribution in [3.05, 3.63) is 89.9 Å². The van der Waals surface area contributed by atoms with E-state index in [9.17, 15) is 4.79 Å². The molecule has 4 aromatic rings. The molecule has 0 spiro atoms. The number of aromatic nitrogens is 3. The Morgan fingerprint density at radius 2 is 1.90 bits per heavy atom. The van der Waals surface area contributed by atoms with Gasteiger partial charge in [0.25, 0.3) is 0 Å². The second kappa shape index (κ2) is 7.51. The van der Waals surface area contributed by atoms with Crippen LogP contribution >= 0.6 is 0 Å². The number of hydrogen-bond acceptors (Lipinski definition) is 3. The molecule has 1 amide bonds. The summed E-state index contributed by atoms with van der Waals surface area (Å²) in [6, 6.07) is 20.3. The summed E-state index contributed by atoms with van der Waals surface area (Å²) >= 11 is 0. The summed E-state index contributed by atoms with van der Waals surface area (Å²) in [7, 11) is 0. The first-order valence-electron chi connectivity index (χ1n) is 9.98. The average Bonchev–Trinajstić information content (AvgIpc) is 3.16. The summed E-state index contributed by atoms with van der Waals surface area (Å²) in [6.07, 6.45) is 6.23. The highest BCUT2D eigenvalue weighted by Crippen LogP contribution is 2.47. The number of benzene rings is 2. The van der Waals surface area contributed by atoms with Crippen molar-refractivity contribution in [1.82, 2.24) is 15.2 Å². The van der Waals surface area contributed by atoms with E-state index in [-0.39, 0.29) is 5.91 Å². The minimum atomic E-state index is -0.0431. The molecule has 2 heterocycles. The second-order valence-corrected chi connectivity index (χ2v) is 7.72. The van der Waals surface area contributed by atoms with Crippen LogP contribution in [0.4, 0.5) is 5.82 Å². The van der Waals surface area contributed by atoms with Crippen molar-refractivity contribution in [2.45, 2.75) is 31.1 Å². The molecule has 1 saturated carbocycles. The number of fused-ring (bicyclic) bond motifs is 1. The van der Waals surface area contributed by atoms with Gasteiger partial charge in [0.2, 0.25) is 5.91 Å². The van der Waals surface area contributed by atoms with E-state index >= 15 is 0 Å². The van der Waals surface area contributed by atoms with E-state index < -0.39 is 0 Å². The first kappa shape index (κ1) is 17.6. The van der Waals surface area contributed by atoms with Crippen molar-refractivity contribution in [2.24, 2.45) is 0 Å². The molecule has 2 N–H and O–H groups in total. The van der Waals surface area contributed by atoms with E-state index in [1.54, 1.807) is 6.20 Å².